The van der Waals surface area contributed by atoms with Gasteiger partial charge in [0.2, 0.25) is 11.8 Å². The van der Waals surface area contributed by atoms with Crippen LogP contribution in [0.1, 0.15) is 18.1 Å². The lowest BCUT2D eigenvalue weighted by molar-refractivity contribution is -0.139. The maximum Gasteiger partial charge on any atom is 0.264 e. The predicted octanol–water partition coefficient (Wildman–Crippen LogP) is 4.68. The normalized spacial score (nSPS) is 11.9. The number of aryl methyl sites for hydroxylation is 1. The van der Waals surface area contributed by atoms with Crippen LogP contribution in [0.25, 0.3) is 0 Å². The minimum Gasteiger partial charge on any atom is -0.493 e. The van der Waals surface area contributed by atoms with Gasteiger partial charge in [0.05, 0.1) is 24.8 Å². The van der Waals surface area contributed by atoms with Gasteiger partial charge >= 0.3 is 0 Å². The summed E-state index contributed by atoms with van der Waals surface area (Å²) < 4.78 is 39.5. The molecule has 3 rings (SSSR count). The summed E-state index contributed by atoms with van der Waals surface area (Å²) in [6.07, 6.45) is 0. The second kappa shape index (κ2) is 13.3. The smallest absolute Gasteiger partial charge is 0.264 e. The summed E-state index contributed by atoms with van der Waals surface area (Å²) in [6.45, 7) is 2.62. The monoisotopic (exact) mass is 607 g/mol. The first-order valence-electron chi connectivity index (χ1n) is 12.2. The van der Waals surface area contributed by atoms with Crippen molar-refractivity contribution in [3.05, 3.63) is 81.8 Å². The number of methoxy groups -OCH3 is 2. The van der Waals surface area contributed by atoms with Crippen LogP contribution >= 0.6 is 23.2 Å². The van der Waals surface area contributed by atoms with Crippen molar-refractivity contribution in [2.45, 2.75) is 31.3 Å². The van der Waals surface area contributed by atoms with Crippen molar-refractivity contribution in [3.8, 4) is 11.5 Å². The van der Waals surface area contributed by atoms with E-state index in [1.54, 1.807) is 36.4 Å². The van der Waals surface area contributed by atoms with Gasteiger partial charge in [0.15, 0.2) is 11.5 Å². The quantitative estimate of drug-likeness (QED) is 0.339. The number of benzene rings is 3. The fourth-order valence-electron chi connectivity index (χ4n) is 3.99. The van der Waals surface area contributed by atoms with Crippen molar-refractivity contribution < 1.29 is 27.5 Å². The summed E-state index contributed by atoms with van der Waals surface area (Å²) in [7, 11) is 0.0787. The number of halogens is 2. The Balaban J connectivity index is 2.12. The van der Waals surface area contributed by atoms with Crippen molar-refractivity contribution in [1.82, 2.24) is 10.2 Å². The SMILES string of the molecule is CNC(=O)[C@H](C)N(Cc1c(Cl)cccc1Cl)C(=O)CN(c1ccc(OC)c(OC)c1)S(=O)(=O)c1ccc(C)cc1. The number of hydrogen-bond donors (Lipinski definition) is 1. The molecule has 40 heavy (non-hydrogen) atoms. The average molecular weight is 609 g/mol. The Kier molecular flexibility index (Phi) is 10.3. The van der Waals surface area contributed by atoms with Gasteiger partial charge < -0.3 is 19.7 Å². The number of carbonyl (C=O) groups is 2. The highest BCUT2D eigenvalue weighted by Gasteiger charge is 2.33. The Morgan fingerprint density at radius 2 is 1.55 bits per heavy atom. The molecule has 3 aromatic rings. The molecule has 3 aromatic carbocycles. The van der Waals surface area contributed by atoms with Gasteiger partial charge in [-0.05, 0) is 50.2 Å². The first-order chi connectivity index (χ1) is 18.9. The lowest BCUT2D eigenvalue weighted by Crippen LogP contribution is -2.50. The molecule has 1 atom stereocenters. The van der Waals surface area contributed by atoms with Crippen LogP contribution in [-0.4, -0.2) is 59.0 Å². The summed E-state index contributed by atoms with van der Waals surface area (Å²) in [5, 5.41) is 3.14. The summed E-state index contributed by atoms with van der Waals surface area (Å²) in [5.41, 5.74) is 1.46. The van der Waals surface area contributed by atoms with E-state index >= 15 is 0 Å². The average Bonchev–Trinajstić information content (AvgIpc) is 2.94. The van der Waals surface area contributed by atoms with Crippen LogP contribution < -0.4 is 19.1 Å². The minimum atomic E-state index is -4.25. The second-order valence-corrected chi connectivity index (χ2v) is 11.6. The van der Waals surface area contributed by atoms with Gasteiger partial charge in [-0.1, -0.05) is 47.0 Å². The van der Waals surface area contributed by atoms with E-state index in [-0.39, 0.29) is 22.9 Å². The molecule has 0 fully saturated rings. The fourth-order valence-corrected chi connectivity index (χ4v) is 5.91. The molecule has 12 heteroatoms. The van der Waals surface area contributed by atoms with E-state index in [1.165, 1.54) is 57.4 Å². The number of ether oxygens (including phenoxy) is 2. The zero-order valence-corrected chi connectivity index (χ0v) is 25.1. The lowest BCUT2D eigenvalue weighted by atomic mass is 10.1. The van der Waals surface area contributed by atoms with Crippen molar-refractivity contribution in [2.24, 2.45) is 0 Å². The molecule has 0 aliphatic heterocycles. The lowest BCUT2D eigenvalue weighted by Gasteiger charge is -2.32. The predicted molar refractivity (Wildman–Crippen MR) is 156 cm³/mol. The Morgan fingerprint density at radius 1 is 0.950 bits per heavy atom. The van der Waals surface area contributed by atoms with Gasteiger partial charge in [0.25, 0.3) is 10.0 Å². The summed E-state index contributed by atoms with van der Waals surface area (Å²) in [5.74, 6) is -0.448. The zero-order chi connectivity index (χ0) is 29.6. The molecule has 0 radical (unpaired) electrons. The highest BCUT2D eigenvalue weighted by molar-refractivity contribution is 7.92. The van der Waals surface area contributed by atoms with E-state index < -0.39 is 34.4 Å². The molecule has 0 saturated carbocycles. The van der Waals surface area contributed by atoms with Crippen LogP contribution in [0.5, 0.6) is 11.5 Å². The maximum absolute atomic E-state index is 13.9. The molecule has 9 nitrogen and oxygen atoms in total. The van der Waals surface area contributed by atoms with Gasteiger partial charge in [-0.3, -0.25) is 13.9 Å². The van der Waals surface area contributed by atoms with E-state index in [1.807, 2.05) is 6.92 Å². The number of anilines is 1. The molecule has 1 N–H and O–H groups in total. The molecule has 2 amide bonds. The van der Waals surface area contributed by atoms with Crippen LogP contribution in [0, 0.1) is 6.92 Å². The molecule has 0 spiro atoms. The molecule has 0 saturated heterocycles. The van der Waals surface area contributed by atoms with E-state index in [2.05, 4.69) is 5.32 Å². The number of sulfonamides is 1. The zero-order valence-electron chi connectivity index (χ0n) is 22.8. The highest BCUT2D eigenvalue weighted by atomic mass is 35.5. The number of carbonyl (C=O) groups excluding carboxylic acids is 2. The second-order valence-electron chi connectivity index (χ2n) is 8.88. The van der Waals surface area contributed by atoms with E-state index in [9.17, 15) is 18.0 Å². The van der Waals surface area contributed by atoms with Crippen LogP contribution in [0.4, 0.5) is 5.69 Å². The molecule has 0 aliphatic rings. The third-order valence-electron chi connectivity index (χ3n) is 6.35. The van der Waals surface area contributed by atoms with Crippen LogP contribution in [0.15, 0.2) is 65.6 Å². The van der Waals surface area contributed by atoms with Gasteiger partial charge in [0, 0.05) is 35.3 Å². The largest absolute Gasteiger partial charge is 0.493 e. The summed E-state index contributed by atoms with van der Waals surface area (Å²) in [6, 6.07) is 14.7. The molecule has 0 bridgehead atoms. The van der Waals surface area contributed by atoms with E-state index in [0.717, 1.165) is 9.87 Å². The summed E-state index contributed by atoms with van der Waals surface area (Å²) >= 11 is 12.7. The molecule has 0 aromatic heterocycles. The number of hydrogen-bond acceptors (Lipinski definition) is 6. The van der Waals surface area contributed by atoms with E-state index in [4.69, 9.17) is 32.7 Å². The number of amides is 2. The van der Waals surface area contributed by atoms with Gasteiger partial charge in [-0.2, -0.15) is 0 Å². The maximum atomic E-state index is 13.9. The van der Waals surface area contributed by atoms with Crippen molar-refractivity contribution >= 4 is 50.7 Å². The Morgan fingerprint density at radius 3 is 2.10 bits per heavy atom. The molecule has 0 unspecified atom stereocenters. The first-order valence-corrected chi connectivity index (χ1v) is 14.4. The van der Waals surface area contributed by atoms with Crippen LogP contribution in [0.2, 0.25) is 10.0 Å². The Bertz CT molecular complexity index is 1460. The Hall–Kier alpha value is -3.47. The van der Waals surface area contributed by atoms with E-state index in [0.29, 0.717) is 21.4 Å². The van der Waals surface area contributed by atoms with Crippen LogP contribution in [-0.2, 0) is 26.2 Å². The van der Waals surface area contributed by atoms with Crippen molar-refractivity contribution in [1.29, 1.82) is 0 Å². The van der Waals surface area contributed by atoms with Gasteiger partial charge in [-0.25, -0.2) is 8.42 Å². The molecule has 214 valence electrons. The molecule has 0 heterocycles. The highest BCUT2D eigenvalue weighted by Crippen LogP contribution is 2.34. The molecular weight excluding hydrogens is 577 g/mol. The standard InChI is InChI=1S/C28H31Cl2N3O6S/c1-18-9-12-21(13-10-18)40(36,37)33(20-11-14-25(38-4)26(15-20)39-5)17-27(34)32(19(2)28(35)31-3)16-22-23(29)7-6-8-24(22)30/h6-15,19H,16-17H2,1-5H3,(H,31,35)/t19-/m0/s1. The van der Waals surface area contributed by atoms with Gasteiger partial charge in [-0.15, -0.1) is 0 Å². The number of nitrogens with zero attached hydrogens (tertiary/aromatic N) is 2. The summed E-state index contributed by atoms with van der Waals surface area (Å²) in [4.78, 5) is 27.8. The fraction of sp³-hybridized carbons (Fsp3) is 0.286. The third kappa shape index (κ3) is 6.80. The first kappa shape index (κ1) is 31.1. The third-order valence-corrected chi connectivity index (χ3v) is 8.84. The van der Waals surface area contributed by atoms with Crippen molar-refractivity contribution in [3.63, 3.8) is 0 Å². The number of nitrogens with one attached hydrogen (secondary N) is 1. The number of rotatable bonds is 11. The van der Waals surface area contributed by atoms with Crippen LogP contribution in [0.3, 0.4) is 0 Å². The topological polar surface area (TPSA) is 105 Å². The van der Waals surface area contributed by atoms with Gasteiger partial charge in [0.1, 0.15) is 12.6 Å². The molecule has 0 aliphatic carbocycles. The molecular formula is C28H31Cl2N3O6S. The minimum absolute atomic E-state index is 0.0132. The Labute approximate surface area is 244 Å². The number of likely N-dealkylation sites (N-methyl/N-ethyl adjacent to an activating group) is 1. The van der Waals surface area contributed by atoms with Crippen molar-refractivity contribution in [2.75, 3.05) is 32.1 Å².